The fourth-order valence-electron chi connectivity index (χ4n) is 2.69. The summed E-state index contributed by atoms with van der Waals surface area (Å²) in [5.41, 5.74) is 0.896. The summed E-state index contributed by atoms with van der Waals surface area (Å²) in [6.45, 7) is 6.89. The number of rotatable bonds is 8. The Bertz CT molecular complexity index is 705. The molecule has 0 atom stereocenters. The maximum absolute atomic E-state index is 13.4. The molecule has 2 rings (SSSR count). The summed E-state index contributed by atoms with van der Waals surface area (Å²) in [6.07, 6.45) is 0. The van der Waals surface area contributed by atoms with Crippen molar-refractivity contribution in [1.82, 2.24) is 14.5 Å². The fourth-order valence-corrected chi connectivity index (χ4v) is 3.61. The predicted molar refractivity (Wildman–Crippen MR) is 98.0 cm³/mol. The molecule has 0 aliphatic carbocycles. The van der Waals surface area contributed by atoms with E-state index in [0.717, 1.165) is 16.3 Å². The van der Waals surface area contributed by atoms with E-state index in [1.54, 1.807) is 24.3 Å². The van der Waals surface area contributed by atoms with E-state index in [-0.39, 0.29) is 16.8 Å². The Morgan fingerprint density at radius 1 is 1.16 bits per heavy atom. The van der Waals surface area contributed by atoms with Gasteiger partial charge in [-0.3, -0.25) is 9.36 Å². The van der Waals surface area contributed by atoms with Gasteiger partial charge in [-0.1, -0.05) is 51.6 Å². The zero-order chi connectivity index (χ0) is 18.6. The third-order valence-electron chi connectivity index (χ3n) is 3.61. The summed E-state index contributed by atoms with van der Waals surface area (Å²) in [6, 6.07) is 6.78. The van der Waals surface area contributed by atoms with Gasteiger partial charge in [0.15, 0.2) is 5.16 Å². The van der Waals surface area contributed by atoms with Gasteiger partial charge in [0.1, 0.15) is 0 Å². The van der Waals surface area contributed by atoms with E-state index >= 15 is 0 Å². The van der Waals surface area contributed by atoms with Crippen molar-refractivity contribution in [1.29, 1.82) is 0 Å². The first-order valence-corrected chi connectivity index (χ1v) is 9.43. The average molecular weight is 369 g/mol. The lowest BCUT2D eigenvalue weighted by molar-refractivity contribution is -0.129. The number of imidazole rings is 1. The van der Waals surface area contributed by atoms with Crippen molar-refractivity contribution in [2.45, 2.75) is 39.4 Å². The van der Waals surface area contributed by atoms with Crippen LogP contribution in [0.5, 0.6) is 0 Å². The minimum atomic E-state index is -2.69. The molecule has 1 heterocycles. The lowest BCUT2D eigenvalue weighted by Crippen LogP contribution is -2.38. The van der Waals surface area contributed by atoms with Crippen LogP contribution in [0.15, 0.2) is 29.4 Å². The molecule has 2 aromatic rings. The van der Waals surface area contributed by atoms with E-state index in [1.165, 1.54) is 0 Å². The van der Waals surface area contributed by atoms with Crippen LogP contribution in [0.25, 0.3) is 11.0 Å². The van der Waals surface area contributed by atoms with Crippen molar-refractivity contribution in [2.24, 2.45) is 11.8 Å². The van der Waals surface area contributed by atoms with Crippen LogP contribution in [0.1, 0.15) is 34.2 Å². The van der Waals surface area contributed by atoms with E-state index in [9.17, 15) is 13.6 Å². The minimum absolute atomic E-state index is 0.0414. The summed E-state index contributed by atoms with van der Waals surface area (Å²) < 4.78 is 27.8. The molecule has 25 heavy (non-hydrogen) atoms. The third-order valence-corrected chi connectivity index (χ3v) is 4.54. The Morgan fingerprint density at radius 3 is 2.32 bits per heavy atom. The molecular formula is C18H25F2N3OS. The number of amides is 1. The number of para-hydroxylation sites is 2. The molecule has 0 N–H and O–H groups in total. The molecule has 0 fully saturated rings. The molecule has 4 nitrogen and oxygen atoms in total. The maximum atomic E-state index is 13.4. The second kappa shape index (κ2) is 8.65. The number of alkyl halides is 2. The number of benzene rings is 1. The molecule has 0 unspecified atom stereocenters. The van der Waals surface area contributed by atoms with Gasteiger partial charge in [-0.25, -0.2) is 4.98 Å². The van der Waals surface area contributed by atoms with Gasteiger partial charge in [-0.2, -0.15) is 8.78 Å². The first-order valence-electron chi connectivity index (χ1n) is 8.45. The molecule has 0 aliphatic heterocycles. The number of fused-ring (bicyclic) bond motifs is 1. The highest BCUT2D eigenvalue weighted by Gasteiger charge is 2.21. The first kappa shape index (κ1) is 19.7. The number of hydrogen-bond donors (Lipinski definition) is 0. The Morgan fingerprint density at radius 2 is 1.76 bits per heavy atom. The lowest BCUT2D eigenvalue weighted by Gasteiger charge is -2.26. The van der Waals surface area contributed by atoms with Gasteiger partial charge in [0.05, 0.1) is 16.8 Å². The number of carbonyl (C=O) groups excluding carboxylic acids is 1. The molecule has 1 amide bonds. The molecule has 0 saturated heterocycles. The van der Waals surface area contributed by atoms with Crippen LogP contribution < -0.4 is 0 Å². The molecule has 0 aliphatic rings. The second-order valence-corrected chi connectivity index (χ2v) is 7.85. The van der Waals surface area contributed by atoms with Gasteiger partial charge in [-0.15, -0.1) is 0 Å². The van der Waals surface area contributed by atoms with Crippen LogP contribution in [0.2, 0.25) is 0 Å². The van der Waals surface area contributed by atoms with E-state index in [0.29, 0.717) is 36.0 Å². The van der Waals surface area contributed by atoms with Crippen LogP contribution in [-0.2, 0) is 4.79 Å². The molecule has 0 bridgehead atoms. The molecule has 0 spiro atoms. The van der Waals surface area contributed by atoms with E-state index < -0.39 is 6.55 Å². The number of carbonyl (C=O) groups is 1. The standard InChI is InChI=1S/C18H25F2N3OS/c1-12(2)9-22(10-13(3)4)16(24)11-25-18-21-14-7-5-6-8-15(14)23(18)17(19)20/h5-8,12-13,17H,9-11H2,1-4H3. The Kier molecular flexibility index (Phi) is 6.81. The molecule has 1 aromatic heterocycles. The Labute approximate surface area is 151 Å². The Balaban J connectivity index is 2.15. The number of halogens is 2. The van der Waals surface area contributed by atoms with Crippen molar-refractivity contribution in [2.75, 3.05) is 18.8 Å². The molecule has 138 valence electrons. The van der Waals surface area contributed by atoms with Gasteiger partial charge in [0.25, 0.3) is 0 Å². The summed E-state index contributed by atoms with van der Waals surface area (Å²) in [5, 5.41) is 0.179. The summed E-state index contributed by atoms with van der Waals surface area (Å²) in [5.74, 6) is 0.784. The SMILES string of the molecule is CC(C)CN(CC(C)C)C(=O)CSc1nc2ccccc2n1C(F)F. The normalized spacial score (nSPS) is 11.9. The van der Waals surface area contributed by atoms with Crippen LogP contribution >= 0.6 is 11.8 Å². The van der Waals surface area contributed by atoms with Gasteiger partial charge in [-0.05, 0) is 24.0 Å². The zero-order valence-corrected chi connectivity index (χ0v) is 15.9. The van der Waals surface area contributed by atoms with Crippen molar-refractivity contribution in [3.8, 4) is 0 Å². The van der Waals surface area contributed by atoms with Gasteiger partial charge >= 0.3 is 6.55 Å². The van der Waals surface area contributed by atoms with Crippen molar-refractivity contribution in [3.05, 3.63) is 24.3 Å². The molecular weight excluding hydrogens is 344 g/mol. The highest BCUT2D eigenvalue weighted by atomic mass is 32.2. The lowest BCUT2D eigenvalue weighted by atomic mass is 10.1. The number of hydrogen-bond acceptors (Lipinski definition) is 3. The fraction of sp³-hybridized carbons (Fsp3) is 0.556. The zero-order valence-electron chi connectivity index (χ0n) is 15.1. The van der Waals surface area contributed by atoms with Crippen molar-refractivity contribution >= 4 is 28.7 Å². The van der Waals surface area contributed by atoms with Crippen LogP contribution in [-0.4, -0.2) is 39.2 Å². The molecule has 7 heteroatoms. The summed E-state index contributed by atoms with van der Waals surface area (Å²) in [4.78, 5) is 18.6. The minimum Gasteiger partial charge on any atom is -0.341 e. The number of nitrogens with zero attached hydrogens (tertiary/aromatic N) is 3. The maximum Gasteiger partial charge on any atom is 0.321 e. The quantitative estimate of drug-likeness (QED) is 0.635. The van der Waals surface area contributed by atoms with Gasteiger partial charge < -0.3 is 4.90 Å². The molecule has 0 radical (unpaired) electrons. The monoisotopic (exact) mass is 369 g/mol. The first-order chi connectivity index (χ1) is 11.8. The van der Waals surface area contributed by atoms with E-state index in [4.69, 9.17) is 0 Å². The highest BCUT2D eigenvalue weighted by Crippen LogP contribution is 2.29. The Hall–Kier alpha value is -1.63. The number of aromatic nitrogens is 2. The predicted octanol–water partition coefficient (Wildman–Crippen LogP) is 4.66. The number of thioether (sulfide) groups is 1. The van der Waals surface area contributed by atoms with E-state index in [2.05, 4.69) is 32.7 Å². The highest BCUT2D eigenvalue weighted by molar-refractivity contribution is 7.99. The van der Waals surface area contributed by atoms with Crippen molar-refractivity contribution in [3.63, 3.8) is 0 Å². The van der Waals surface area contributed by atoms with Crippen molar-refractivity contribution < 1.29 is 13.6 Å². The second-order valence-electron chi connectivity index (χ2n) is 6.91. The molecule has 1 aromatic carbocycles. The average Bonchev–Trinajstić information content (AvgIpc) is 2.89. The smallest absolute Gasteiger partial charge is 0.321 e. The van der Waals surface area contributed by atoms with Crippen LogP contribution in [0.3, 0.4) is 0 Å². The topological polar surface area (TPSA) is 38.1 Å². The summed E-state index contributed by atoms with van der Waals surface area (Å²) in [7, 11) is 0. The summed E-state index contributed by atoms with van der Waals surface area (Å²) >= 11 is 1.07. The van der Waals surface area contributed by atoms with E-state index in [1.807, 2.05) is 4.90 Å². The van der Waals surface area contributed by atoms with Crippen LogP contribution in [0, 0.1) is 11.8 Å². The molecule has 0 saturated carbocycles. The van der Waals surface area contributed by atoms with Gasteiger partial charge in [0, 0.05) is 13.1 Å². The van der Waals surface area contributed by atoms with Crippen LogP contribution in [0.4, 0.5) is 8.78 Å². The third kappa shape index (κ3) is 5.17. The van der Waals surface area contributed by atoms with Gasteiger partial charge in [0.2, 0.25) is 5.91 Å². The largest absolute Gasteiger partial charge is 0.341 e.